The minimum atomic E-state index is -0.284. The molecule has 1 amide bonds. The number of rotatable bonds is 3. The standard InChI is InChI=1S/C15H21N3O2/c1-10-11-5-2-3-6-12(11)18-14(17-10)9-16-15(19)13-7-4-8-20-13/h13H,2-9H2,1H3,(H,16,19). The molecule has 1 aromatic heterocycles. The first kappa shape index (κ1) is 13.5. The number of nitrogens with one attached hydrogen (secondary N) is 1. The van der Waals surface area contributed by atoms with E-state index >= 15 is 0 Å². The fraction of sp³-hybridized carbons (Fsp3) is 0.667. The van der Waals surface area contributed by atoms with Crippen LogP contribution in [-0.2, 0) is 28.9 Å². The molecule has 1 aliphatic carbocycles. The van der Waals surface area contributed by atoms with E-state index in [2.05, 4.69) is 15.3 Å². The van der Waals surface area contributed by atoms with Crippen LogP contribution in [0.3, 0.4) is 0 Å². The molecule has 1 unspecified atom stereocenters. The van der Waals surface area contributed by atoms with E-state index in [1.54, 1.807) is 0 Å². The summed E-state index contributed by atoms with van der Waals surface area (Å²) >= 11 is 0. The van der Waals surface area contributed by atoms with Crippen LogP contribution in [0.1, 0.15) is 48.5 Å². The normalized spacial score (nSPS) is 21.6. The van der Waals surface area contributed by atoms with Crippen LogP contribution in [0.2, 0.25) is 0 Å². The van der Waals surface area contributed by atoms with E-state index in [9.17, 15) is 4.79 Å². The van der Waals surface area contributed by atoms with Gasteiger partial charge in [-0.15, -0.1) is 0 Å². The third kappa shape index (κ3) is 2.82. The number of nitrogens with zero attached hydrogens (tertiary/aromatic N) is 2. The van der Waals surface area contributed by atoms with Gasteiger partial charge in [-0.2, -0.15) is 0 Å². The minimum Gasteiger partial charge on any atom is -0.368 e. The maximum Gasteiger partial charge on any atom is 0.249 e. The first-order valence-electron chi connectivity index (χ1n) is 7.48. The van der Waals surface area contributed by atoms with Crippen molar-refractivity contribution in [1.29, 1.82) is 0 Å². The second-order valence-electron chi connectivity index (χ2n) is 5.58. The van der Waals surface area contributed by atoms with Gasteiger partial charge in [0.05, 0.1) is 6.54 Å². The highest BCUT2D eigenvalue weighted by molar-refractivity contribution is 5.80. The van der Waals surface area contributed by atoms with Crippen LogP contribution in [0.5, 0.6) is 0 Å². The van der Waals surface area contributed by atoms with Gasteiger partial charge in [-0.25, -0.2) is 9.97 Å². The van der Waals surface area contributed by atoms with E-state index in [1.807, 2.05) is 6.92 Å². The summed E-state index contributed by atoms with van der Waals surface area (Å²) in [6, 6.07) is 0. The summed E-state index contributed by atoms with van der Waals surface area (Å²) in [5.74, 6) is 0.677. The predicted octanol–water partition coefficient (Wildman–Crippen LogP) is 1.46. The lowest BCUT2D eigenvalue weighted by atomic mass is 9.95. The summed E-state index contributed by atoms with van der Waals surface area (Å²) in [5, 5.41) is 2.89. The van der Waals surface area contributed by atoms with E-state index in [0.29, 0.717) is 13.2 Å². The summed E-state index contributed by atoms with van der Waals surface area (Å²) in [6.45, 7) is 3.12. The van der Waals surface area contributed by atoms with Crippen LogP contribution in [0.25, 0.3) is 0 Å². The lowest BCUT2D eigenvalue weighted by Crippen LogP contribution is -2.34. The third-order valence-electron chi connectivity index (χ3n) is 4.08. The molecule has 3 rings (SSSR count). The number of ether oxygens (including phenoxy) is 1. The molecule has 2 heterocycles. The minimum absolute atomic E-state index is 0.0403. The van der Waals surface area contributed by atoms with Crippen LogP contribution >= 0.6 is 0 Å². The molecule has 108 valence electrons. The summed E-state index contributed by atoms with van der Waals surface area (Å²) in [6.07, 6.45) is 6.04. The van der Waals surface area contributed by atoms with E-state index in [-0.39, 0.29) is 12.0 Å². The zero-order valence-corrected chi connectivity index (χ0v) is 11.9. The highest BCUT2D eigenvalue weighted by atomic mass is 16.5. The number of carbonyl (C=O) groups is 1. The fourth-order valence-corrected chi connectivity index (χ4v) is 2.99. The smallest absolute Gasteiger partial charge is 0.249 e. The molecule has 0 aromatic carbocycles. The van der Waals surface area contributed by atoms with Gasteiger partial charge < -0.3 is 10.1 Å². The van der Waals surface area contributed by atoms with Crippen molar-refractivity contribution in [2.24, 2.45) is 0 Å². The fourth-order valence-electron chi connectivity index (χ4n) is 2.99. The zero-order chi connectivity index (χ0) is 13.9. The number of carbonyl (C=O) groups excluding carboxylic acids is 1. The molecule has 0 spiro atoms. The second kappa shape index (κ2) is 5.87. The maximum absolute atomic E-state index is 11.9. The van der Waals surface area contributed by atoms with Gasteiger partial charge in [0.15, 0.2) is 0 Å². The predicted molar refractivity (Wildman–Crippen MR) is 74.2 cm³/mol. The van der Waals surface area contributed by atoms with E-state index < -0.39 is 0 Å². The van der Waals surface area contributed by atoms with Gasteiger partial charge in [0.25, 0.3) is 0 Å². The quantitative estimate of drug-likeness (QED) is 0.907. The molecule has 1 fully saturated rings. The van der Waals surface area contributed by atoms with Gasteiger partial charge in [-0.1, -0.05) is 0 Å². The Morgan fingerprint density at radius 3 is 2.95 bits per heavy atom. The molecular weight excluding hydrogens is 254 g/mol. The Hall–Kier alpha value is -1.49. The molecule has 0 saturated carbocycles. The van der Waals surface area contributed by atoms with E-state index in [4.69, 9.17) is 4.74 Å². The van der Waals surface area contributed by atoms with Crippen LogP contribution in [0, 0.1) is 6.92 Å². The van der Waals surface area contributed by atoms with Crippen molar-refractivity contribution in [3.05, 3.63) is 22.8 Å². The Morgan fingerprint density at radius 2 is 2.15 bits per heavy atom. The van der Waals surface area contributed by atoms with Crippen molar-refractivity contribution in [2.75, 3.05) is 6.61 Å². The van der Waals surface area contributed by atoms with Crippen molar-refractivity contribution in [3.63, 3.8) is 0 Å². The highest BCUT2D eigenvalue weighted by Crippen LogP contribution is 2.21. The molecule has 1 N–H and O–H groups in total. The molecule has 20 heavy (non-hydrogen) atoms. The summed E-state index contributed by atoms with van der Waals surface area (Å²) in [7, 11) is 0. The summed E-state index contributed by atoms with van der Waals surface area (Å²) in [4.78, 5) is 21.0. The van der Waals surface area contributed by atoms with E-state index in [0.717, 1.165) is 37.2 Å². The molecule has 0 radical (unpaired) electrons. The number of aryl methyl sites for hydroxylation is 2. The number of amides is 1. The third-order valence-corrected chi connectivity index (χ3v) is 4.08. The van der Waals surface area contributed by atoms with Gasteiger partial charge in [-0.3, -0.25) is 4.79 Å². The van der Waals surface area contributed by atoms with Gasteiger partial charge in [0.1, 0.15) is 11.9 Å². The Balaban J connectivity index is 1.65. The van der Waals surface area contributed by atoms with Crippen molar-refractivity contribution >= 4 is 5.91 Å². The van der Waals surface area contributed by atoms with Crippen molar-refractivity contribution in [3.8, 4) is 0 Å². The molecular formula is C15H21N3O2. The molecule has 1 atom stereocenters. The molecule has 1 aromatic rings. The lowest BCUT2D eigenvalue weighted by Gasteiger charge is -2.18. The Morgan fingerprint density at radius 1 is 1.30 bits per heavy atom. The van der Waals surface area contributed by atoms with Gasteiger partial charge in [-0.05, 0) is 51.0 Å². The van der Waals surface area contributed by atoms with Crippen LogP contribution in [0.15, 0.2) is 0 Å². The van der Waals surface area contributed by atoms with Crippen LogP contribution in [0.4, 0.5) is 0 Å². The van der Waals surface area contributed by atoms with Crippen LogP contribution < -0.4 is 5.32 Å². The average Bonchev–Trinajstić information content (AvgIpc) is 2.99. The van der Waals surface area contributed by atoms with Gasteiger partial charge in [0, 0.05) is 18.0 Å². The van der Waals surface area contributed by atoms with Gasteiger partial charge in [0.2, 0.25) is 5.91 Å². The highest BCUT2D eigenvalue weighted by Gasteiger charge is 2.23. The average molecular weight is 275 g/mol. The van der Waals surface area contributed by atoms with Gasteiger partial charge >= 0.3 is 0 Å². The number of hydrogen-bond acceptors (Lipinski definition) is 4. The SMILES string of the molecule is Cc1nc(CNC(=O)C2CCCO2)nc2c1CCCC2. The molecule has 1 saturated heterocycles. The summed E-state index contributed by atoms with van der Waals surface area (Å²) < 4.78 is 5.36. The Kier molecular flexibility index (Phi) is 3.96. The molecule has 1 aliphatic heterocycles. The molecule has 5 heteroatoms. The Bertz CT molecular complexity index is 510. The Labute approximate surface area is 119 Å². The summed E-state index contributed by atoms with van der Waals surface area (Å²) in [5.41, 5.74) is 3.55. The maximum atomic E-state index is 11.9. The topological polar surface area (TPSA) is 64.1 Å². The zero-order valence-electron chi connectivity index (χ0n) is 11.9. The van der Waals surface area contributed by atoms with Crippen LogP contribution in [-0.4, -0.2) is 28.6 Å². The molecule has 5 nitrogen and oxygen atoms in total. The second-order valence-corrected chi connectivity index (χ2v) is 5.58. The lowest BCUT2D eigenvalue weighted by molar-refractivity contribution is -0.130. The van der Waals surface area contributed by atoms with Crippen molar-refractivity contribution in [2.45, 2.75) is 58.1 Å². The monoisotopic (exact) mass is 275 g/mol. The molecule has 0 bridgehead atoms. The molecule has 2 aliphatic rings. The number of hydrogen-bond donors (Lipinski definition) is 1. The largest absolute Gasteiger partial charge is 0.368 e. The number of fused-ring (bicyclic) bond motifs is 1. The van der Waals surface area contributed by atoms with Crippen molar-refractivity contribution in [1.82, 2.24) is 15.3 Å². The number of aromatic nitrogens is 2. The van der Waals surface area contributed by atoms with E-state index in [1.165, 1.54) is 24.1 Å². The first-order valence-corrected chi connectivity index (χ1v) is 7.48. The first-order chi connectivity index (χ1) is 9.74. The van der Waals surface area contributed by atoms with Crippen molar-refractivity contribution < 1.29 is 9.53 Å².